The van der Waals surface area contributed by atoms with E-state index >= 15 is 0 Å². The number of hydrogen-bond donors (Lipinski definition) is 3. The van der Waals surface area contributed by atoms with Crippen molar-refractivity contribution in [3.05, 3.63) is 59.7 Å². The van der Waals surface area contributed by atoms with E-state index in [1.807, 2.05) is 45.0 Å². The molecule has 4 N–H and O–H groups in total. The normalized spacial score (nSPS) is 16.8. The summed E-state index contributed by atoms with van der Waals surface area (Å²) in [6.45, 7) is 5.46. The fourth-order valence-electron chi connectivity index (χ4n) is 4.78. The van der Waals surface area contributed by atoms with Gasteiger partial charge in [-0.05, 0) is 81.5 Å². The molecule has 38 heavy (non-hydrogen) atoms. The Bertz CT molecular complexity index is 1050. The number of rotatable bonds is 11. The molecule has 0 radical (unpaired) electrons. The highest BCUT2D eigenvalue weighted by molar-refractivity contribution is 7.99. The van der Waals surface area contributed by atoms with E-state index < -0.39 is 29.6 Å². The summed E-state index contributed by atoms with van der Waals surface area (Å²) in [4.78, 5) is 26.7. The molecule has 1 saturated carbocycles. The second-order valence-corrected chi connectivity index (χ2v) is 12.3. The highest BCUT2D eigenvalue weighted by Gasteiger charge is 2.39. The highest BCUT2D eigenvalue weighted by Crippen LogP contribution is 2.34. The Morgan fingerprint density at radius 1 is 1.08 bits per heavy atom. The predicted molar refractivity (Wildman–Crippen MR) is 152 cm³/mol. The zero-order valence-electron chi connectivity index (χ0n) is 22.9. The quantitative estimate of drug-likeness (QED) is 0.261. The Kier molecular flexibility index (Phi) is 10.9. The molecule has 0 heterocycles. The third-order valence-corrected chi connectivity index (χ3v) is 8.33. The lowest BCUT2D eigenvalue weighted by Crippen LogP contribution is -2.54. The molecule has 0 saturated heterocycles. The first-order valence-corrected chi connectivity index (χ1v) is 14.4. The molecule has 1 aliphatic carbocycles. The van der Waals surface area contributed by atoms with Crippen LogP contribution in [0.1, 0.15) is 68.8 Å². The monoisotopic (exact) mass is 542 g/mol. The van der Waals surface area contributed by atoms with E-state index in [-0.39, 0.29) is 16.6 Å². The van der Waals surface area contributed by atoms with Gasteiger partial charge < -0.3 is 25.6 Å². The Morgan fingerprint density at radius 3 is 2.34 bits per heavy atom. The first-order chi connectivity index (χ1) is 18.1. The van der Waals surface area contributed by atoms with Gasteiger partial charge in [0.1, 0.15) is 23.0 Å². The lowest BCUT2D eigenvalue weighted by molar-refractivity contribution is -0.160. The van der Waals surface area contributed by atoms with Crippen molar-refractivity contribution in [3.63, 3.8) is 0 Å². The van der Waals surface area contributed by atoms with Crippen LogP contribution >= 0.6 is 11.8 Å². The minimum Gasteiger partial charge on any atom is -0.507 e. The number of aromatic hydroxyl groups is 1. The summed E-state index contributed by atoms with van der Waals surface area (Å²) in [6, 6.07) is 14.1. The minimum absolute atomic E-state index is 0.104. The zero-order valence-corrected chi connectivity index (χ0v) is 23.8. The summed E-state index contributed by atoms with van der Waals surface area (Å²) >= 11 is 1.74. The number of benzene rings is 2. The molecule has 3 rings (SSSR count). The molecule has 0 bridgehead atoms. The first-order valence-electron chi connectivity index (χ1n) is 13.4. The first kappa shape index (κ1) is 29.8. The average Bonchev–Trinajstić information content (AvgIpc) is 2.87. The molecule has 8 heteroatoms. The van der Waals surface area contributed by atoms with Crippen molar-refractivity contribution in [3.8, 4) is 11.5 Å². The summed E-state index contributed by atoms with van der Waals surface area (Å²) in [5.41, 5.74) is 7.02. The third kappa shape index (κ3) is 8.95. The Balaban J connectivity index is 1.89. The number of carbonyl (C=O) groups excluding carboxylic acids is 2. The maximum Gasteiger partial charge on any atom is 0.314 e. The van der Waals surface area contributed by atoms with Gasteiger partial charge in [-0.3, -0.25) is 9.59 Å². The summed E-state index contributed by atoms with van der Waals surface area (Å²) in [5, 5.41) is 12.7. The number of methoxy groups -OCH3 is 1. The van der Waals surface area contributed by atoms with Crippen molar-refractivity contribution in [2.75, 3.05) is 12.9 Å². The Morgan fingerprint density at radius 2 is 1.74 bits per heavy atom. The van der Waals surface area contributed by atoms with Crippen molar-refractivity contribution < 1.29 is 24.2 Å². The van der Waals surface area contributed by atoms with Gasteiger partial charge in [-0.25, -0.2) is 0 Å². The van der Waals surface area contributed by atoms with Crippen LogP contribution in [0, 0.1) is 11.8 Å². The van der Waals surface area contributed by atoms with Crippen LogP contribution in [0.15, 0.2) is 48.5 Å². The SMILES string of the molecule is COc1ccc(CC(SCC2CCCCC2)C(C(=O)OC(C)(C)C)C(N)NC(=O)c2ccccc2O)cc1. The number of amides is 1. The van der Waals surface area contributed by atoms with Crippen molar-refractivity contribution >= 4 is 23.6 Å². The standard InChI is InChI=1S/C30H42N2O5S/c1-30(2,3)37-29(35)26(27(31)32-28(34)23-12-8-9-13-24(23)33)25(38-19-21-10-6-5-7-11-21)18-20-14-16-22(36-4)17-15-20/h8-9,12-17,21,25-27,33H,5-7,10-11,18-19,31H2,1-4H3,(H,32,34). The molecule has 0 aromatic heterocycles. The molecule has 0 aliphatic heterocycles. The zero-order chi connectivity index (χ0) is 27.7. The second kappa shape index (κ2) is 13.9. The van der Waals surface area contributed by atoms with Gasteiger partial charge in [0.2, 0.25) is 0 Å². The van der Waals surface area contributed by atoms with Crippen LogP contribution in [0.3, 0.4) is 0 Å². The number of hydrogen-bond acceptors (Lipinski definition) is 7. The van der Waals surface area contributed by atoms with Crippen molar-refractivity contribution in [2.24, 2.45) is 17.6 Å². The number of phenols is 1. The number of thioether (sulfide) groups is 1. The Labute approximate surface area is 230 Å². The van der Waals surface area contributed by atoms with Crippen LogP contribution in [-0.4, -0.2) is 46.9 Å². The van der Waals surface area contributed by atoms with E-state index in [0.717, 1.165) is 17.1 Å². The topological polar surface area (TPSA) is 111 Å². The number of esters is 1. The molecule has 2 aromatic rings. The number of para-hydroxylation sites is 1. The Hall–Kier alpha value is -2.71. The van der Waals surface area contributed by atoms with E-state index in [9.17, 15) is 14.7 Å². The molecule has 208 valence electrons. The minimum atomic E-state index is -1.01. The molecule has 3 atom stereocenters. The molecular formula is C30H42N2O5S. The summed E-state index contributed by atoms with van der Waals surface area (Å²) < 4.78 is 11.1. The molecular weight excluding hydrogens is 500 g/mol. The van der Waals surface area contributed by atoms with Crippen LogP contribution in [0.5, 0.6) is 11.5 Å². The molecule has 0 spiro atoms. The van der Waals surface area contributed by atoms with Crippen molar-refractivity contribution in [1.29, 1.82) is 0 Å². The van der Waals surface area contributed by atoms with E-state index in [0.29, 0.717) is 12.3 Å². The fourth-order valence-corrected chi connectivity index (χ4v) is 6.43. The summed E-state index contributed by atoms with van der Waals surface area (Å²) in [5.74, 6) is 0.336. The molecule has 2 aromatic carbocycles. The number of phenolic OH excluding ortho intramolecular Hbond substituents is 1. The van der Waals surface area contributed by atoms with Gasteiger partial charge in [-0.2, -0.15) is 11.8 Å². The smallest absolute Gasteiger partial charge is 0.314 e. The van der Waals surface area contributed by atoms with E-state index in [1.165, 1.54) is 44.2 Å². The van der Waals surface area contributed by atoms with Crippen molar-refractivity contribution in [1.82, 2.24) is 5.32 Å². The fraction of sp³-hybridized carbons (Fsp3) is 0.533. The number of nitrogens with two attached hydrogens (primary N) is 1. The number of carbonyl (C=O) groups is 2. The summed E-state index contributed by atoms with van der Waals surface area (Å²) in [6.07, 6.45) is 5.69. The van der Waals surface area contributed by atoms with Gasteiger partial charge in [0, 0.05) is 5.25 Å². The van der Waals surface area contributed by atoms with E-state index in [4.69, 9.17) is 15.2 Å². The van der Waals surface area contributed by atoms with Crippen molar-refractivity contribution in [2.45, 2.75) is 76.3 Å². The van der Waals surface area contributed by atoms with E-state index in [2.05, 4.69) is 5.32 Å². The number of ether oxygens (including phenoxy) is 2. The van der Waals surface area contributed by atoms with Gasteiger partial charge in [0.15, 0.2) is 0 Å². The maximum absolute atomic E-state index is 13.6. The van der Waals surface area contributed by atoms with Crippen LogP contribution in [0.25, 0.3) is 0 Å². The van der Waals surface area contributed by atoms with Crippen LogP contribution < -0.4 is 15.8 Å². The highest BCUT2D eigenvalue weighted by atomic mass is 32.2. The molecule has 7 nitrogen and oxygen atoms in total. The van der Waals surface area contributed by atoms with Gasteiger partial charge >= 0.3 is 5.97 Å². The van der Waals surface area contributed by atoms with Crippen LogP contribution in [0.2, 0.25) is 0 Å². The second-order valence-electron chi connectivity index (χ2n) is 11.0. The predicted octanol–water partition coefficient (Wildman–Crippen LogP) is 5.30. The number of nitrogens with one attached hydrogen (secondary N) is 1. The summed E-state index contributed by atoms with van der Waals surface area (Å²) in [7, 11) is 1.63. The van der Waals surface area contributed by atoms with Gasteiger partial charge in [-0.1, -0.05) is 43.5 Å². The molecule has 1 fully saturated rings. The molecule has 1 amide bonds. The maximum atomic E-state index is 13.6. The average molecular weight is 543 g/mol. The van der Waals surface area contributed by atoms with Gasteiger partial charge in [-0.15, -0.1) is 0 Å². The lowest BCUT2D eigenvalue weighted by Gasteiger charge is -2.34. The van der Waals surface area contributed by atoms with Crippen LogP contribution in [-0.2, 0) is 16.0 Å². The molecule has 3 unspecified atom stereocenters. The third-order valence-electron chi connectivity index (χ3n) is 6.78. The van der Waals surface area contributed by atoms with Gasteiger partial charge in [0.25, 0.3) is 5.91 Å². The van der Waals surface area contributed by atoms with E-state index in [1.54, 1.807) is 31.0 Å². The largest absolute Gasteiger partial charge is 0.507 e. The van der Waals surface area contributed by atoms with Gasteiger partial charge in [0.05, 0.1) is 18.8 Å². The molecule has 1 aliphatic rings. The van der Waals surface area contributed by atoms with Crippen LogP contribution in [0.4, 0.5) is 0 Å². The lowest BCUT2D eigenvalue weighted by atomic mass is 9.91.